The van der Waals surface area contributed by atoms with Crippen LogP contribution in [0.3, 0.4) is 0 Å². The zero-order valence-corrected chi connectivity index (χ0v) is 9.53. The van der Waals surface area contributed by atoms with Crippen LogP contribution < -0.4 is 0 Å². The zero-order valence-electron chi connectivity index (χ0n) is 7.94. The molecule has 0 amide bonds. The molecule has 15 heavy (non-hydrogen) atoms. The van der Waals surface area contributed by atoms with Crippen molar-refractivity contribution in [1.82, 2.24) is 4.98 Å². The minimum Gasteiger partial charge on any atom is -0.256 e. The average Bonchev–Trinajstić information content (AvgIpc) is 2.29. The predicted octanol–water partition coefficient (Wildman–Crippen LogP) is 4.15. The Balaban J connectivity index is 2.64. The van der Waals surface area contributed by atoms with Crippen LogP contribution in [0.4, 0.5) is 0 Å². The highest BCUT2D eigenvalue weighted by molar-refractivity contribution is 9.10. The number of benzene rings is 2. The van der Waals surface area contributed by atoms with Gasteiger partial charge in [-0.2, -0.15) is 0 Å². The van der Waals surface area contributed by atoms with E-state index in [-0.39, 0.29) is 0 Å². The van der Waals surface area contributed by atoms with Crippen molar-refractivity contribution in [2.75, 3.05) is 0 Å². The molecule has 0 bridgehead atoms. The van der Waals surface area contributed by atoms with Gasteiger partial charge in [-0.3, -0.25) is 4.98 Å². The summed E-state index contributed by atoms with van der Waals surface area (Å²) in [6, 6.07) is 14.5. The van der Waals surface area contributed by atoms with Gasteiger partial charge in [0.1, 0.15) is 0 Å². The molecular weight excluding hydrogens is 250 g/mol. The Morgan fingerprint density at radius 3 is 2.60 bits per heavy atom. The van der Waals surface area contributed by atoms with E-state index in [2.05, 4.69) is 51.2 Å². The summed E-state index contributed by atoms with van der Waals surface area (Å²) in [5.41, 5.74) is 1.06. The van der Waals surface area contributed by atoms with E-state index >= 15 is 0 Å². The van der Waals surface area contributed by atoms with E-state index < -0.39 is 0 Å². The highest BCUT2D eigenvalue weighted by Gasteiger charge is 2.03. The molecule has 1 aromatic heterocycles. The Kier molecular flexibility index (Phi) is 1.96. The highest BCUT2D eigenvalue weighted by Crippen LogP contribution is 2.29. The Morgan fingerprint density at radius 1 is 0.867 bits per heavy atom. The summed E-state index contributed by atoms with van der Waals surface area (Å²) >= 11 is 3.58. The lowest BCUT2D eigenvalue weighted by atomic mass is 10.1. The maximum atomic E-state index is 4.44. The summed E-state index contributed by atoms with van der Waals surface area (Å²) in [7, 11) is 0. The molecule has 3 rings (SSSR count). The molecule has 2 heteroatoms. The number of hydrogen-bond donors (Lipinski definition) is 0. The summed E-state index contributed by atoms with van der Waals surface area (Å²) in [4.78, 5) is 4.44. The molecular formula is C13H8BrN. The molecule has 1 heterocycles. The summed E-state index contributed by atoms with van der Waals surface area (Å²) < 4.78 is 1.10. The Labute approximate surface area is 95.9 Å². The molecule has 0 saturated carbocycles. The van der Waals surface area contributed by atoms with Crippen LogP contribution in [0.2, 0.25) is 0 Å². The normalized spacial score (nSPS) is 11.0. The van der Waals surface area contributed by atoms with Gasteiger partial charge in [-0.25, -0.2) is 0 Å². The van der Waals surface area contributed by atoms with E-state index in [1.807, 2.05) is 18.3 Å². The summed E-state index contributed by atoms with van der Waals surface area (Å²) in [5.74, 6) is 0. The molecule has 0 N–H and O–H groups in total. The second kappa shape index (κ2) is 3.31. The largest absolute Gasteiger partial charge is 0.256 e. The lowest BCUT2D eigenvalue weighted by Gasteiger charge is -2.04. The third kappa shape index (κ3) is 1.33. The van der Waals surface area contributed by atoms with Gasteiger partial charge >= 0.3 is 0 Å². The van der Waals surface area contributed by atoms with Gasteiger partial charge in [0.05, 0.1) is 5.52 Å². The Morgan fingerprint density at radius 2 is 1.67 bits per heavy atom. The fourth-order valence-corrected chi connectivity index (χ4v) is 2.44. The predicted molar refractivity (Wildman–Crippen MR) is 66.9 cm³/mol. The number of aromatic nitrogens is 1. The third-order valence-electron chi connectivity index (χ3n) is 2.56. The zero-order chi connectivity index (χ0) is 10.3. The standard InChI is InChI=1S/C13H8BrN/c14-11-5-1-3-9-6-7-10-4-2-8-15-13(10)12(9)11/h1-8H. The van der Waals surface area contributed by atoms with Crippen LogP contribution in [0, 0.1) is 0 Å². The second-order valence-electron chi connectivity index (χ2n) is 3.48. The lowest BCUT2D eigenvalue weighted by Crippen LogP contribution is -1.81. The van der Waals surface area contributed by atoms with Crippen molar-refractivity contribution >= 4 is 37.6 Å². The average molecular weight is 258 g/mol. The van der Waals surface area contributed by atoms with Crippen LogP contribution in [-0.2, 0) is 0 Å². The monoisotopic (exact) mass is 257 g/mol. The number of nitrogens with zero attached hydrogens (tertiary/aromatic N) is 1. The number of pyridine rings is 1. The first-order valence-corrected chi connectivity index (χ1v) is 5.57. The van der Waals surface area contributed by atoms with E-state index in [0.29, 0.717) is 0 Å². The third-order valence-corrected chi connectivity index (χ3v) is 3.22. The SMILES string of the molecule is Brc1cccc2ccc3cccnc3c12. The molecule has 0 unspecified atom stereocenters. The fourth-order valence-electron chi connectivity index (χ4n) is 1.87. The van der Waals surface area contributed by atoms with E-state index in [0.717, 1.165) is 9.99 Å². The van der Waals surface area contributed by atoms with Crippen molar-refractivity contribution in [2.45, 2.75) is 0 Å². The molecule has 0 radical (unpaired) electrons. The summed E-state index contributed by atoms with van der Waals surface area (Å²) in [5, 5.41) is 3.59. The van der Waals surface area contributed by atoms with Crippen molar-refractivity contribution in [3.8, 4) is 0 Å². The molecule has 1 nitrogen and oxygen atoms in total. The molecule has 0 spiro atoms. The highest BCUT2D eigenvalue weighted by atomic mass is 79.9. The number of hydrogen-bond acceptors (Lipinski definition) is 1. The molecule has 0 aliphatic heterocycles. The first kappa shape index (κ1) is 8.86. The minimum atomic E-state index is 1.06. The van der Waals surface area contributed by atoms with Gasteiger partial charge < -0.3 is 0 Å². The summed E-state index contributed by atoms with van der Waals surface area (Å²) in [6.07, 6.45) is 1.83. The van der Waals surface area contributed by atoms with Crippen LogP contribution in [-0.4, -0.2) is 4.98 Å². The molecule has 0 saturated heterocycles. The molecule has 0 aliphatic rings. The Bertz CT molecular complexity index is 646. The van der Waals surface area contributed by atoms with Gasteiger partial charge in [0.15, 0.2) is 0 Å². The van der Waals surface area contributed by atoms with Crippen molar-refractivity contribution in [1.29, 1.82) is 0 Å². The minimum absolute atomic E-state index is 1.06. The van der Waals surface area contributed by atoms with Crippen molar-refractivity contribution in [3.05, 3.63) is 53.1 Å². The first-order chi connectivity index (χ1) is 7.36. The van der Waals surface area contributed by atoms with Crippen LogP contribution in [0.15, 0.2) is 53.1 Å². The first-order valence-electron chi connectivity index (χ1n) is 4.78. The lowest BCUT2D eigenvalue weighted by molar-refractivity contribution is 1.43. The number of halogens is 1. The van der Waals surface area contributed by atoms with Crippen molar-refractivity contribution in [3.63, 3.8) is 0 Å². The molecule has 0 fully saturated rings. The van der Waals surface area contributed by atoms with Gasteiger partial charge in [-0.05, 0) is 17.5 Å². The maximum Gasteiger partial charge on any atom is 0.0791 e. The van der Waals surface area contributed by atoms with E-state index in [4.69, 9.17) is 0 Å². The summed E-state index contributed by atoms with van der Waals surface area (Å²) in [6.45, 7) is 0. The topological polar surface area (TPSA) is 12.9 Å². The second-order valence-corrected chi connectivity index (χ2v) is 4.33. The van der Waals surface area contributed by atoms with Gasteiger partial charge in [0, 0.05) is 21.4 Å². The van der Waals surface area contributed by atoms with Crippen molar-refractivity contribution < 1.29 is 0 Å². The molecule has 0 aliphatic carbocycles. The van der Waals surface area contributed by atoms with E-state index in [9.17, 15) is 0 Å². The van der Waals surface area contributed by atoms with Gasteiger partial charge in [-0.1, -0.05) is 46.3 Å². The molecule has 3 aromatic rings. The molecule has 72 valence electrons. The van der Waals surface area contributed by atoms with Gasteiger partial charge in [0.2, 0.25) is 0 Å². The number of fused-ring (bicyclic) bond motifs is 3. The van der Waals surface area contributed by atoms with Gasteiger partial charge in [-0.15, -0.1) is 0 Å². The van der Waals surface area contributed by atoms with Crippen LogP contribution in [0.1, 0.15) is 0 Å². The van der Waals surface area contributed by atoms with Crippen LogP contribution >= 0.6 is 15.9 Å². The van der Waals surface area contributed by atoms with E-state index in [1.165, 1.54) is 16.2 Å². The smallest absolute Gasteiger partial charge is 0.0791 e. The Hall–Kier alpha value is -1.41. The van der Waals surface area contributed by atoms with Gasteiger partial charge in [0.25, 0.3) is 0 Å². The van der Waals surface area contributed by atoms with Crippen LogP contribution in [0.5, 0.6) is 0 Å². The molecule has 0 atom stereocenters. The van der Waals surface area contributed by atoms with Crippen molar-refractivity contribution in [2.24, 2.45) is 0 Å². The fraction of sp³-hybridized carbons (Fsp3) is 0. The molecule has 2 aromatic carbocycles. The quantitative estimate of drug-likeness (QED) is 0.552. The van der Waals surface area contributed by atoms with E-state index in [1.54, 1.807) is 0 Å². The maximum absolute atomic E-state index is 4.44. The number of rotatable bonds is 0. The van der Waals surface area contributed by atoms with Crippen LogP contribution in [0.25, 0.3) is 21.7 Å².